The summed E-state index contributed by atoms with van der Waals surface area (Å²) >= 11 is 0. The lowest BCUT2D eigenvalue weighted by Crippen LogP contribution is -1.98. The third-order valence-corrected chi connectivity index (χ3v) is 1.92. The average molecular weight is 191 g/mol. The molecule has 0 aromatic heterocycles. The molecule has 1 rings (SSSR count). The second kappa shape index (κ2) is 5.28. The van der Waals surface area contributed by atoms with E-state index in [2.05, 4.69) is 11.4 Å². The summed E-state index contributed by atoms with van der Waals surface area (Å²) in [4.78, 5) is 0. The number of terminal acetylenes is 1. The van der Waals surface area contributed by atoms with E-state index in [-0.39, 0.29) is 0 Å². The molecule has 0 fully saturated rings. The number of ether oxygens (including phenoxy) is 1. The molecule has 2 N–H and O–H groups in total. The number of benzene rings is 1. The van der Waals surface area contributed by atoms with E-state index in [0.29, 0.717) is 18.9 Å². The maximum atomic E-state index is 8.70. The number of hydrogen-bond acceptors (Lipinski definition) is 3. The summed E-state index contributed by atoms with van der Waals surface area (Å²) in [5, 5.41) is 8.70. The molecule has 0 spiro atoms. The number of nitrogens with one attached hydrogen (secondary N) is 1. The lowest BCUT2D eigenvalue weighted by molar-refractivity contribution is 0.153. The molecule has 74 valence electrons. The van der Waals surface area contributed by atoms with Crippen LogP contribution in [0.1, 0.15) is 11.1 Å². The van der Waals surface area contributed by atoms with Crippen molar-refractivity contribution in [1.82, 2.24) is 0 Å². The first-order valence-electron chi connectivity index (χ1n) is 4.28. The predicted molar refractivity (Wildman–Crippen MR) is 55.1 cm³/mol. The number of rotatable bonds is 4. The van der Waals surface area contributed by atoms with Gasteiger partial charge in [-0.1, -0.05) is 12.0 Å². The van der Waals surface area contributed by atoms with Gasteiger partial charge in [0.2, 0.25) is 0 Å². The summed E-state index contributed by atoms with van der Waals surface area (Å²) in [7, 11) is 0. The second-order valence-electron chi connectivity index (χ2n) is 2.95. The zero-order valence-corrected chi connectivity index (χ0v) is 8.08. The Balaban J connectivity index is 2.69. The van der Waals surface area contributed by atoms with Gasteiger partial charge in [0.05, 0.1) is 12.3 Å². The number of aryl methyl sites for hydroxylation is 1. The molecule has 14 heavy (non-hydrogen) atoms. The smallest absolute Gasteiger partial charge is 0.107 e. The van der Waals surface area contributed by atoms with E-state index in [1.165, 1.54) is 0 Å². The maximum Gasteiger partial charge on any atom is 0.107 e. The monoisotopic (exact) mass is 191 g/mol. The molecular weight excluding hydrogens is 178 g/mol. The van der Waals surface area contributed by atoms with E-state index in [0.717, 1.165) is 11.1 Å². The predicted octanol–water partition coefficient (Wildman–Crippen LogP) is 1.95. The first kappa shape index (κ1) is 10.6. The van der Waals surface area contributed by atoms with E-state index in [1.54, 1.807) is 6.07 Å². The van der Waals surface area contributed by atoms with E-state index < -0.39 is 0 Å². The van der Waals surface area contributed by atoms with Crippen molar-refractivity contribution in [3.05, 3.63) is 29.3 Å². The number of hydrogen-bond donors (Lipinski definition) is 2. The van der Waals surface area contributed by atoms with Gasteiger partial charge in [0.15, 0.2) is 0 Å². The average Bonchev–Trinajstić information content (AvgIpc) is 2.21. The zero-order chi connectivity index (χ0) is 10.4. The minimum Gasteiger partial charge on any atom is -0.364 e. The van der Waals surface area contributed by atoms with Crippen LogP contribution in [0.25, 0.3) is 0 Å². The molecule has 0 atom stereocenters. The molecule has 0 heterocycles. The molecule has 1 aromatic carbocycles. The molecule has 0 amide bonds. The van der Waals surface area contributed by atoms with Crippen LogP contribution in [-0.2, 0) is 11.3 Å². The number of anilines is 1. The fraction of sp³-hybridized carbons (Fsp3) is 0.273. The maximum absolute atomic E-state index is 8.70. The first-order chi connectivity index (χ1) is 6.77. The highest BCUT2D eigenvalue weighted by Gasteiger charge is 1.99. The molecule has 0 aliphatic carbocycles. The van der Waals surface area contributed by atoms with Gasteiger partial charge >= 0.3 is 0 Å². The minimum absolute atomic E-state index is 0.302. The van der Waals surface area contributed by atoms with Gasteiger partial charge in [0, 0.05) is 0 Å². The van der Waals surface area contributed by atoms with Crippen LogP contribution in [0.3, 0.4) is 0 Å². The fourth-order valence-electron chi connectivity index (χ4n) is 1.12. The Morgan fingerprint density at radius 2 is 2.36 bits per heavy atom. The Bertz CT molecular complexity index is 342. The van der Waals surface area contributed by atoms with Gasteiger partial charge in [-0.05, 0) is 30.2 Å². The van der Waals surface area contributed by atoms with Crippen molar-refractivity contribution in [2.45, 2.75) is 13.5 Å². The zero-order valence-electron chi connectivity index (χ0n) is 8.08. The van der Waals surface area contributed by atoms with E-state index in [1.807, 2.05) is 19.1 Å². The largest absolute Gasteiger partial charge is 0.364 e. The van der Waals surface area contributed by atoms with Crippen molar-refractivity contribution in [3.63, 3.8) is 0 Å². The van der Waals surface area contributed by atoms with Gasteiger partial charge in [-0.15, -0.1) is 6.42 Å². The Kier molecular flexibility index (Phi) is 3.99. The van der Waals surface area contributed by atoms with Gasteiger partial charge in [-0.3, -0.25) is 10.7 Å². The molecule has 3 heteroatoms. The van der Waals surface area contributed by atoms with Crippen molar-refractivity contribution in [2.75, 3.05) is 12.1 Å². The van der Waals surface area contributed by atoms with Gasteiger partial charge in [0.25, 0.3) is 0 Å². The van der Waals surface area contributed by atoms with Crippen molar-refractivity contribution in [3.8, 4) is 12.3 Å². The normalized spacial score (nSPS) is 9.50. The fourth-order valence-corrected chi connectivity index (χ4v) is 1.12. The SMILES string of the molecule is C#CCOCc1cc(NO)ccc1C. The van der Waals surface area contributed by atoms with Crippen LogP contribution >= 0.6 is 0 Å². The highest BCUT2D eigenvalue weighted by molar-refractivity contribution is 5.46. The quantitative estimate of drug-likeness (QED) is 0.434. The third kappa shape index (κ3) is 2.77. The molecule has 0 unspecified atom stereocenters. The molecule has 0 saturated carbocycles. The summed E-state index contributed by atoms with van der Waals surface area (Å²) in [5.74, 6) is 2.40. The molecule has 0 bridgehead atoms. The van der Waals surface area contributed by atoms with Gasteiger partial charge in [-0.25, -0.2) is 0 Å². The Morgan fingerprint density at radius 3 is 3.00 bits per heavy atom. The molecular formula is C11H13NO2. The molecule has 0 saturated heterocycles. The van der Waals surface area contributed by atoms with Crippen molar-refractivity contribution in [1.29, 1.82) is 0 Å². The molecule has 0 radical (unpaired) electrons. The van der Waals surface area contributed by atoms with Crippen molar-refractivity contribution in [2.24, 2.45) is 0 Å². The topological polar surface area (TPSA) is 41.5 Å². The highest BCUT2D eigenvalue weighted by Crippen LogP contribution is 2.15. The Hall–Kier alpha value is -1.50. The van der Waals surface area contributed by atoms with Crippen LogP contribution in [0.2, 0.25) is 0 Å². The van der Waals surface area contributed by atoms with Crippen LogP contribution in [-0.4, -0.2) is 11.8 Å². The van der Waals surface area contributed by atoms with Crippen LogP contribution in [0.15, 0.2) is 18.2 Å². The van der Waals surface area contributed by atoms with Crippen molar-refractivity contribution < 1.29 is 9.94 Å². The minimum atomic E-state index is 0.302. The summed E-state index contributed by atoms with van der Waals surface area (Å²) < 4.78 is 5.20. The Labute approximate surface area is 83.7 Å². The van der Waals surface area contributed by atoms with Gasteiger partial charge in [-0.2, -0.15) is 0 Å². The standard InChI is InChI=1S/C11H13NO2/c1-3-6-14-8-10-7-11(12-13)5-4-9(10)2/h1,4-5,7,12-13H,6,8H2,2H3. The first-order valence-corrected chi connectivity index (χ1v) is 4.28. The second-order valence-corrected chi connectivity index (χ2v) is 2.95. The van der Waals surface area contributed by atoms with E-state index in [9.17, 15) is 0 Å². The molecule has 0 aliphatic heterocycles. The molecule has 0 aliphatic rings. The summed E-state index contributed by atoms with van der Waals surface area (Å²) in [5.41, 5.74) is 4.86. The summed E-state index contributed by atoms with van der Waals surface area (Å²) in [6.45, 7) is 2.75. The molecule has 1 aromatic rings. The lowest BCUT2D eigenvalue weighted by Gasteiger charge is -2.07. The van der Waals surface area contributed by atoms with Gasteiger partial charge < -0.3 is 4.74 Å². The third-order valence-electron chi connectivity index (χ3n) is 1.92. The summed E-state index contributed by atoms with van der Waals surface area (Å²) in [6, 6.07) is 5.53. The van der Waals surface area contributed by atoms with Crippen LogP contribution in [0.4, 0.5) is 5.69 Å². The van der Waals surface area contributed by atoms with E-state index in [4.69, 9.17) is 16.4 Å². The highest BCUT2D eigenvalue weighted by atomic mass is 16.5. The van der Waals surface area contributed by atoms with Crippen LogP contribution < -0.4 is 5.48 Å². The van der Waals surface area contributed by atoms with E-state index >= 15 is 0 Å². The van der Waals surface area contributed by atoms with Crippen LogP contribution in [0.5, 0.6) is 0 Å². The summed E-state index contributed by atoms with van der Waals surface area (Å²) in [6.07, 6.45) is 5.06. The Morgan fingerprint density at radius 1 is 1.57 bits per heavy atom. The van der Waals surface area contributed by atoms with Crippen molar-refractivity contribution >= 4 is 5.69 Å². The molecule has 3 nitrogen and oxygen atoms in total. The van der Waals surface area contributed by atoms with Gasteiger partial charge in [0.1, 0.15) is 6.61 Å². The lowest BCUT2D eigenvalue weighted by atomic mass is 10.1. The van der Waals surface area contributed by atoms with Crippen LogP contribution in [0, 0.1) is 19.3 Å².